The Hall–Kier alpha value is -1.46. The number of aliphatic hydroxyl groups excluding tert-OH is 1. The molecule has 1 aromatic heterocycles. The number of rotatable bonds is 4. The maximum absolute atomic E-state index is 9.42. The molecule has 0 radical (unpaired) electrons. The van der Waals surface area contributed by atoms with Gasteiger partial charge in [-0.1, -0.05) is 23.9 Å². The Morgan fingerprint density at radius 2 is 2.11 bits per heavy atom. The van der Waals surface area contributed by atoms with E-state index in [1.54, 1.807) is 23.6 Å². The van der Waals surface area contributed by atoms with Crippen LogP contribution in [0, 0.1) is 6.92 Å². The van der Waals surface area contributed by atoms with Crippen molar-refractivity contribution in [1.29, 1.82) is 0 Å². The number of methoxy groups -OCH3 is 1. The standard InChI is InChI=1S/C13H16N2O2S/c1-9-10(8-16)13(15(2)14-9)18-12-7-5-4-6-11(12)17-3/h4-7,16H,8H2,1-3H3. The van der Waals surface area contributed by atoms with Crippen LogP contribution < -0.4 is 4.74 Å². The zero-order valence-corrected chi connectivity index (χ0v) is 11.5. The lowest BCUT2D eigenvalue weighted by atomic mass is 10.3. The van der Waals surface area contributed by atoms with Crippen molar-refractivity contribution in [1.82, 2.24) is 9.78 Å². The van der Waals surface area contributed by atoms with Crippen molar-refractivity contribution in [3.05, 3.63) is 35.5 Å². The molecule has 0 aliphatic rings. The molecule has 0 aliphatic heterocycles. The van der Waals surface area contributed by atoms with Crippen molar-refractivity contribution in [2.45, 2.75) is 23.5 Å². The predicted molar refractivity (Wildman–Crippen MR) is 71.0 cm³/mol. The molecule has 5 heteroatoms. The molecule has 1 heterocycles. The molecule has 1 aromatic carbocycles. The van der Waals surface area contributed by atoms with Crippen LogP contribution in [0.15, 0.2) is 34.2 Å². The second kappa shape index (κ2) is 5.46. The van der Waals surface area contributed by atoms with Crippen LogP contribution in [0.1, 0.15) is 11.3 Å². The third-order valence-corrected chi connectivity index (χ3v) is 3.98. The molecular formula is C13H16N2O2S. The first-order valence-corrected chi connectivity index (χ1v) is 6.43. The molecule has 2 rings (SSSR count). The van der Waals surface area contributed by atoms with E-state index in [2.05, 4.69) is 5.10 Å². The van der Waals surface area contributed by atoms with Gasteiger partial charge in [0.05, 0.1) is 24.3 Å². The molecule has 2 aromatic rings. The summed E-state index contributed by atoms with van der Waals surface area (Å²) >= 11 is 1.55. The minimum Gasteiger partial charge on any atom is -0.496 e. The van der Waals surface area contributed by atoms with Gasteiger partial charge in [-0.25, -0.2) is 0 Å². The molecule has 0 unspecified atom stereocenters. The van der Waals surface area contributed by atoms with Gasteiger partial charge in [0.15, 0.2) is 0 Å². The monoisotopic (exact) mass is 264 g/mol. The van der Waals surface area contributed by atoms with E-state index in [1.165, 1.54) is 0 Å². The molecule has 96 valence electrons. The van der Waals surface area contributed by atoms with Crippen molar-refractivity contribution < 1.29 is 9.84 Å². The van der Waals surface area contributed by atoms with Crippen LogP contribution in [0.2, 0.25) is 0 Å². The lowest BCUT2D eigenvalue weighted by Gasteiger charge is -2.08. The smallest absolute Gasteiger partial charge is 0.132 e. The van der Waals surface area contributed by atoms with Crippen LogP contribution >= 0.6 is 11.8 Å². The minimum atomic E-state index is -0.00282. The summed E-state index contributed by atoms with van der Waals surface area (Å²) in [5, 5.41) is 14.7. The van der Waals surface area contributed by atoms with E-state index >= 15 is 0 Å². The fourth-order valence-electron chi connectivity index (χ4n) is 1.80. The predicted octanol–water partition coefficient (Wildman–Crippen LogP) is 2.38. The van der Waals surface area contributed by atoms with Crippen molar-refractivity contribution in [3.63, 3.8) is 0 Å². The molecule has 0 atom stereocenters. The maximum Gasteiger partial charge on any atom is 0.132 e. The number of benzene rings is 1. The van der Waals surface area contributed by atoms with Crippen LogP contribution in [0.3, 0.4) is 0 Å². The minimum absolute atomic E-state index is 0.00282. The molecule has 0 bridgehead atoms. The van der Waals surface area contributed by atoms with Gasteiger partial charge < -0.3 is 9.84 Å². The first-order chi connectivity index (χ1) is 8.67. The zero-order chi connectivity index (χ0) is 13.1. The zero-order valence-electron chi connectivity index (χ0n) is 10.7. The molecule has 0 saturated carbocycles. The van der Waals surface area contributed by atoms with E-state index in [-0.39, 0.29) is 6.61 Å². The number of hydrogen-bond donors (Lipinski definition) is 1. The highest BCUT2D eigenvalue weighted by atomic mass is 32.2. The number of ether oxygens (including phenoxy) is 1. The van der Waals surface area contributed by atoms with E-state index < -0.39 is 0 Å². The highest BCUT2D eigenvalue weighted by molar-refractivity contribution is 7.99. The molecule has 0 aliphatic carbocycles. The van der Waals surface area contributed by atoms with Crippen molar-refractivity contribution >= 4 is 11.8 Å². The average Bonchev–Trinajstić information content (AvgIpc) is 2.64. The second-order valence-electron chi connectivity index (χ2n) is 3.90. The maximum atomic E-state index is 9.42. The Balaban J connectivity index is 2.39. The summed E-state index contributed by atoms with van der Waals surface area (Å²) in [7, 11) is 3.53. The highest BCUT2D eigenvalue weighted by Crippen LogP contribution is 2.36. The van der Waals surface area contributed by atoms with Crippen LogP contribution in [0.25, 0.3) is 0 Å². The number of nitrogens with zero attached hydrogens (tertiary/aromatic N) is 2. The fourth-order valence-corrected chi connectivity index (χ4v) is 2.91. The lowest BCUT2D eigenvalue weighted by molar-refractivity contribution is 0.277. The Labute approximate surface area is 111 Å². The van der Waals surface area contributed by atoms with E-state index in [0.717, 1.165) is 26.9 Å². The molecular weight excluding hydrogens is 248 g/mol. The summed E-state index contributed by atoms with van der Waals surface area (Å²) in [4.78, 5) is 1.01. The van der Waals surface area contributed by atoms with Crippen LogP contribution in [0.4, 0.5) is 0 Å². The number of para-hydroxylation sites is 1. The molecule has 0 fully saturated rings. The largest absolute Gasteiger partial charge is 0.496 e. The summed E-state index contributed by atoms with van der Waals surface area (Å²) in [6, 6.07) is 7.81. The summed E-state index contributed by atoms with van der Waals surface area (Å²) in [5.74, 6) is 0.824. The third-order valence-electron chi connectivity index (χ3n) is 2.72. The number of aromatic nitrogens is 2. The number of aryl methyl sites for hydroxylation is 2. The van der Waals surface area contributed by atoms with Gasteiger partial charge in [-0.3, -0.25) is 4.68 Å². The van der Waals surface area contributed by atoms with E-state index in [9.17, 15) is 5.11 Å². The SMILES string of the molecule is COc1ccccc1Sc1c(CO)c(C)nn1C. The van der Waals surface area contributed by atoms with Crippen molar-refractivity contribution in [3.8, 4) is 5.75 Å². The normalized spacial score (nSPS) is 10.7. The summed E-state index contributed by atoms with van der Waals surface area (Å²) in [6.07, 6.45) is 0. The van der Waals surface area contributed by atoms with Gasteiger partial charge in [-0.05, 0) is 19.1 Å². The summed E-state index contributed by atoms with van der Waals surface area (Å²) in [6.45, 7) is 1.90. The van der Waals surface area contributed by atoms with Crippen LogP contribution in [-0.2, 0) is 13.7 Å². The molecule has 0 spiro atoms. The first kappa shape index (κ1) is 13.0. The molecule has 0 amide bonds. The fraction of sp³-hybridized carbons (Fsp3) is 0.308. The molecule has 1 N–H and O–H groups in total. The van der Waals surface area contributed by atoms with Gasteiger partial charge in [0, 0.05) is 12.6 Å². The average molecular weight is 264 g/mol. The summed E-state index contributed by atoms with van der Waals surface area (Å²) < 4.78 is 7.11. The molecule has 4 nitrogen and oxygen atoms in total. The molecule has 18 heavy (non-hydrogen) atoms. The van der Waals surface area contributed by atoms with Gasteiger partial charge in [0.1, 0.15) is 10.8 Å². The third kappa shape index (κ3) is 2.37. The topological polar surface area (TPSA) is 47.3 Å². The summed E-state index contributed by atoms with van der Waals surface area (Å²) in [5.41, 5.74) is 1.73. The van der Waals surface area contributed by atoms with Gasteiger partial charge in [-0.15, -0.1) is 0 Å². The van der Waals surface area contributed by atoms with Gasteiger partial charge >= 0.3 is 0 Å². The first-order valence-electron chi connectivity index (χ1n) is 5.61. The van der Waals surface area contributed by atoms with Crippen molar-refractivity contribution in [2.24, 2.45) is 7.05 Å². The highest BCUT2D eigenvalue weighted by Gasteiger charge is 2.15. The molecule has 0 saturated heterocycles. The van der Waals surface area contributed by atoms with Crippen molar-refractivity contribution in [2.75, 3.05) is 7.11 Å². The Morgan fingerprint density at radius 1 is 1.39 bits per heavy atom. The van der Waals surface area contributed by atoms with Gasteiger partial charge in [0.2, 0.25) is 0 Å². The Bertz CT molecular complexity index is 552. The number of aliphatic hydroxyl groups is 1. The van der Waals surface area contributed by atoms with Crippen LogP contribution in [0.5, 0.6) is 5.75 Å². The van der Waals surface area contributed by atoms with E-state index in [1.807, 2.05) is 38.2 Å². The van der Waals surface area contributed by atoms with Gasteiger partial charge in [-0.2, -0.15) is 5.10 Å². The number of hydrogen-bond acceptors (Lipinski definition) is 4. The van der Waals surface area contributed by atoms with E-state index in [0.29, 0.717) is 0 Å². The lowest BCUT2D eigenvalue weighted by Crippen LogP contribution is -1.94. The Morgan fingerprint density at radius 3 is 2.78 bits per heavy atom. The van der Waals surface area contributed by atoms with Crippen LogP contribution in [-0.4, -0.2) is 22.0 Å². The van der Waals surface area contributed by atoms with E-state index in [4.69, 9.17) is 4.74 Å². The second-order valence-corrected chi connectivity index (χ2v) is 4.93. The Kier molecular flexibility index (Phi) is 3.93. The quantitative estimate of drug-likeness (QED) is 0.921. The van der Waals surface area contributed by atoms with Gasteiger partial charge in [0.25, 0.3) is 0 Å².